The van der Waals surface area contributed by atoms with E-state index < -0.39 is 6.04 Å². The second kappa shape index (κ2) is 8.18. The normalized spacial score (nSPS) is 23.5. The maximum atomic E-state index is 12.0. The van der Waals surface area contributed by atoms with Gasteiger partial charge in [-0.15, -0.1) is 0 Å². The Labute approximate surface area is 128 Å². The van der Waals surface area contributed by atoms with Crippen LogP contribution in [-0.4, -0.2) is 18.5 Å². The largest absolute Gasteiger partial charge is 0.355 e. The third-order valence-electron chi connectivity index (χ3n) is 4.74. The SMILES string of the molecule is CC1CCCCC1CCNC(=O)[C@@H](N)Cc1ccccc1. The molecule has 1 aliphatic carbocycles. The van der Waals surface area contributed by atoms with E-state index >= 15 is 0 Å². The molecule has 0 saturated heterocycles. The zero-order chi connectivity index (χ0) is 15.1. The zero-order valence-corrected chi connectivity index (χ0v) is 13.1. The summed E-state index contributed by atoms with van der Waals surface area (Å²) in [4.78, 5) is 12.0. The lowest BCUT2D eigenvalue weighted by Crippen LogP contribution is -2.42. The van der Waals surface area contributed by atoms with Gasteiger partial charge in [0.2, 0.25) is 5.91 Å². The number of rotatable bonds is 6. The maximum absolute atomic E-state index is 12.0. The van der Waals surface area contributed by atoms with E-state index in [-0.39, 0.29) is 5.91 Å². The predicted molar refractivity (Wildman–Crippen MR) is 86.9 cm³/mol. The highest BCUT2D eigenvalue weighted by Gasteiger charge is 2.21. The van der Waals surface area contributed by atoms with Gasteiger partial charge in [0.25, 0.3) is 0 Å². The van der Waals surface area contributed by atoms with Crippen molar-refractivity contribution in [2.75, 3.05) is 6.54 Å². The molecule has 1 aromatic carbocycles. The molecule has 1 aromatic rings. The monoisotopic (exact) mass is 288 g/mol. The van der Waals surface area contributed by atoms with Gasteiger partial charge in [0.15, 0.2) is 0 Å². The van der Waals surface area contributed by atoms with Crippen molar-refractivity contribution >= 4 is 5.91 Å². The Hall–Kier alpha value is -1.35. The molecule has 0 radical (unpaired) electrons. The fraction of sp³-hybridized carbons (Fsp3) is 0.611. The first-order valence-corrected chi connectivity index (χ1v) is 8.24. The highest BCUT2D eigenvalue weighted by atomic mass is 16.2. The van der Waals surface area contributed by atoms with Gasteiger partial charge in [-0.2, -0.15) is 0 Å². The van der Waals surface area contributed by atoms with E-state index in [4.69, 9.17) is 5.73 Å². The van der Waals surface area contributed by atoms with Gasteiger partial charge in [0.1, 0.15) is 0 Å². The average Bonchev–Trinajstić information content (AvgIpc) is 2.50. The number of carbonyl (C=O) groups excluding carboxylic acids is 1. The topological polar surface area (TPSA) is 55.1 Å². The van der Waals surface area contributed by atoms with Crippen LogP contribution in [0.4, 0.5) is 0 Å². The quantitative estimate of drug-likeness (QED) is 0.845. The van der Waals surface area contributed by atoms with Crippen LogP contribution < -0.4 is 11.1 Å². The molecule has 3 heteroatoms. The first-order chi connectivity index (χ1) is 10.2. The molecule has 0 heterocycles. The van der Waals surface area contributed by atoms with Crippen molar-refractivity contribution in [1.82, 2.24) is 5.32 Å². The zero-order valence-electron chi connectivity index (χ0n) is 13.1. The molecule has 1 fully saturated rings. The molecule has 3 N–H and O–H groups in total. The summed E-state index contributed by atoms with van der Waals surface area (Å²) in [5.41, 5.74) is 7.10. The Balaban J connectivity index is 1.69. The van der Waals surface area contributed by atoms with E-state index in [1.165, 1.54) is 25.7 Å². The Morgan fingerprint density at radius 2 is 2.00 bits per heavy atom. The van der Waals surface area contributed by atoms with Crippen LogP contribution in [0.5, 0.6) is 0 Å². The number of hydrogen-bond acceptors (Lipinski definition) is 2. The molecule has 1 saturated carbocycles. The second-order valence-corrected chi connectivity index (χ2v) is 6.40. The van der Waals surface area contributed by atoms with Gasteiger partial charge >= 0.3 is 0 Å². The molecule has 1 amide bonds. The number of hydrogen-bond donors (Lipinski definition) is 2. The van der Waals surface area contributed by atoms with Crippen LogP contribution in [0, 0.1) is 11.8 Å². The van der Waals surface area contributed by atoms with Crippen LogP contribution in [-0.2, 0) is 11.2 Å². The molecule has 2 rings (SSSR count). The van der Waals surface area contributed by atoms with E-state index in [2.05, 4.69) is 12.2 Å². The van der Waals surface area contributed by atoms with Crippen molar-refractivity contribution in [3.63, 3.8) is 0 Å². The lowest BCUT2D eigenvalue weighted by molar-refractivity contribution is -0.122. The highest BCUT2D eigenvalue weighted by molar-refractivity contribution is 5.81. The fourth-order valence-electron chi connectivity index (χ4n) is 3.29. The smallest absolute Gasteiger partial charge is 0.237 e. The van der Waals surface area contributed by atoms with E-state index in [1.807, 2.05) is 30.3 Å². The summed E-state index contributed by atoms with van der Waals surface area (Å²) < 4.78 is 0. The minimum absolute atomic E-state index is 0.0256. The number of benzene rings is 1. The van der Waals surface area contributed by atoms with Crippen molar-refractivity contribution in [2.45, 2.75) is 51.5 Å². The Morgan fingerprint density at radius 1 is 1.29 bits per heavy atom. The Bertz CT molecular complexity index is 432. The van der Waals surface area contributed by atoms with Gasteiger partial charge in [-0.25, -0.2) is 0 Å². The summed E-state index contributed by atoms with van der Waals surface area (Å²) >= 11 is 0. The number of nitrogens with one attached hydrogen (secondary N) is 1. The predicted octanol–water partition coefficient (Wildman–Crippen LogP) is 2.89. The molecule has 0 aliphatic heterocycles. The Morgan fingerprint density at radius 3 is 2.71 bits per heavy atom. The van der Waals surface area contributed by atoms with Crippen molar-refractivity contribution in [2.24, 2.45) is 17.6 Å². The minimum Gasteiger partial charge on any atom is -0.355 e. The highest BCUT2D eigenvalue weighted by Crippen LogP contribution is 2.31. The van der Waals surface area contributed by atoms with Crippen LogP contribution >= 0.6 is 0 Å². The molecular formula is C18H28N2O. The number of carbonyl (C=O) groups is 1. The summed E-state index contributed by atoms with van der Waals surface area (Å²) in [6.07, 6.45) is 7.05. The molecule has 0 spiro atoms. The Kier molecular flexibility index (Phi) is 6.24. The van der Waals surface area contributed by atoms with Crippen molar-refractivity contribution in [1.29, 1.82) is 0 Å². The maximum Gasteiger partial charge on any atom is 0.237 e. The van der Waals surface area contributed by atoms with Crippen LogP contribution in [0.3, 0.4) is 0 Å². The summed E-state index contributed by atoms with van der Waals surface area (Å²) in [5, 5.41) is 3.01. The van der Waals surface area contributed by atoms with Gasteiger partial charge in [-0.05, 0) is 30.2 Å². The molecule has 0 aromatic heterocycles. The molecule has 116 valence electrons. The third-order valence-corrected chi connectivity index (χ3v) is 4.74. The standard InChI is InChI=1S/C18H28N2O/c1-14-7-5-6-10-16(14)11-12-20-18(21)17(19)13-15-8-3-2-4-9-15/h2-4,8-9,14,16-17H,5-7,10-13,19H2,1H3,(H,20,21)/t14?,16?,17-/m0/s1. The first kappa shape index (κ1) is 16.0. The number of nitrogens with two attached hydrogens (primary N) is 1. The molecule has 2 unspecified atom stereocenters. The van der Waals surface area contributed by atoms with Crippen molar-refractivity contribution < 1.29 is 4.79 Å². The lowest BCUT2D eigenvalue weighted by Gasteiger charge is -2.28. The van der Waals surface area contributed by atoms with E-state index in [0.29, 0.717) is 6.42 Å². The lowest BCUT2D eigenvalue weighted by atomic mass is 9.79. The molecule has 0 bridgehead atoms. The van der Waals surface area contributed by atoms with Crippen LogP contribution in [0.1, 0.15) is 44.6 Å². The minimum atomic E-state index is -0.448. The summed E-state index contributed by atoms with van der Waals surface area (Å²) in [5.74, 6) is 1.54. The summed E-state index contributed by atoms with van der Waals surface area (Å²) in [7, 11) is 0. The molecule has 21 heavy (non-hydrogen) atoms. The second-order valence-electron chi connectivity index (χ2n) is 6.40. The van der Waals surface area contributed by atoms with Gasteiger partial charge in [-0.1, -0.05) is 62.9 Å². The summed E-state index contributed by atoms with van der Waals surface area (Å²) in [6.45, 7) is 3.10. The third kappa shape index (κ3) is 5.16. The van der Waals surface area contributed by atoms with Crippen molar-refractivity contribution in [3.05, 3.63) is 35.9 Å². The molecule has 3 atom stereocenters. The molecular weight excluding hydrogens is 260 g/mol. The number of amides is 1. The van der Waals surface area contributed by atoms with E-state index in [1.54, 1.807) is 0 Å². The fourth-order valence-corrected chi connectivity index (χ4v) is 3.29. The summed E-state index contributed by atoms with van der Waals surface area (Å²) in [6, 6.07) is 9.50. The molecule has 3 nitrogen and oxygen atoms in total. The van der Waals surface area contributed by atoms with Crippen LogP contribution in [0.25, 0.3) is 0 Å². The first-order valence-electron chi connectivity index (χ1n) is 8.24. The average molecular weight is 288 g/mol. The molecule has 1 aliphatic rings. The van der Waals surface area contributed by atoms with E-state index in [0.717, 1.165) is 30.4 Å². The van der Waals surface area contributed by atoms with Gasteiger partial charge in [0, 0.05) is 6.54 Å². The van der Waals surface area contributed by atoms with Crippen LogP contribution in [0.2, 0.25) is 0 Å². The van der Waals surface area contributed by atoms with Gasteiger partial charge < -0.3 is 11.1 Å². The van der Waals surface area contributed by atoms with Gasteiger partial charge in [0.05, 0.1) is 6.04 Å². The van der Waals surface area contributed by atoms with Crippen molar-refractivity contribution in [3.8, 4) is 0 Å². The van der Waals surface area contributed by atoms with E-state index in [9.17, 15) is 4.79 Å². The van der Waals surface area contributed by atoms with Crippen LogP contribution in [0.15, 0.2) is 30.3 Å². The van der Waals surface area contributed by atoms with Gasteiger partial charge in [-0.3, -0.25) is 4.79 Å².